The highest BCUT2D eigenvalue weighted by Crippen LogP contribution is 1.82. The number of aliphatic hydroxyl groups excluding tert-OH is 2. The number of carbonyl (C=O) groups excluding carboxylic acids is 1. The van der Waals surface area contributed by atoms with Gasteiger partial charge in [-0.1, -0.05) is 11.8 Å². The topological polar surface area (TPSA) is 57.5 Å². The zero-order valence-electron chi connectivity index (χ0n) is 4.87. The molecule has 0 spiro atoms. The van der Waals surface area contributed by atoms with Crippen molar-refractivity contribution in [2.45, 2.75) is 12.5 Å². The van der Waals surface area contributed by atoms with Crippen molar-refractivity contribution in [2.75, 3.05) is 6.61 Å². The Morgan fingerprint density at radius 3 is 2.78 bits per heavy atom. The van der Waals surface area contributed by atoms with Crippen molar-refractivity contribution in [2.24, 2.45) is 0 Å². The molecule has 0 aliphatic heterocycles. The normalized spacial score (nSPS) is 11.3. The first kappa shape index (κ1) is 8.15. The Labute approximate surface area is 53.3 Å². The van der Waals surface area contributed by atoms with E-state index in [4.69, 9.17) is 10.2 Å². The highest BCUT2D eigenvalue weighted by Gasteiger charge is 1.93. The molecule has 50 valence electrons. The molecular formula is C6H8O3. The number of rotatable bonds is 2. The van der Waals surface area contributed by atoms with Crippen LogP contribution in [0.4, 0.5) is 0 Å². The molecule has 0 heterocycles. The summed E-state index contributed by atoms with van der Waals surface area (Å²) in [4.78, 5) is 9.69. The quantitative estimate of drug-likeness (QED) is 0.368. The van der Waals surface area contributed by atoms with Gasteiger partial charge in [0.1, 0.15) is 19.0 Å². The third-order valence-electron chi connectivity index (χ3n) is 0.667. The van der Waals surface area contributed by atoms with Crippen LogP contribution < -0.4 is 0 Å². The Morgan fingerprint density at radius 2 is 2.33 bits per heavy atom. The molecule has 1 unspecified atom stereocenters. The summed E-state index contributed by atoms with van der Waals surface area (Å²) < 4.78 is 0. The first-order valence-corrected chi connectivity index (χ1v) is 2.52. The molecule has 0 saturated heterocycles. The van der Waals surface area contributed by atoms with Crippen LogP contribution in [0.25, 0.3) is 0 Å². The zero-order chi connectivity index (χ0) is 7.11. The maximum atomic E-state index is 9.69. The minimum atomic E-state index is -0.922. The van der Waals surface area contributed by atoms with E-state index >= 15 is 0 Å². The predicted octanol–water partition coefficient (Wildman–Crippen LogP) is -1.07. The van der Waals surface area contributed by atoms with E-state index in [1.54, 1.807) is 0 Å². The summed E-state index contributed by atoms with van der Waals surface area (Å²) in [6.45, 7) is -0.282. The molecule has 0 aliphatic carbocycles. The fourth-order valence-electron chi connectivity index (χ4n) is 0.314. The van der Waals surface area contributed by atoms with Crippen LogP contribution in [-0.4, -0.2) is 29.2 Å². The Hall–Kier alpha value is -0.850. The SMILES string of the molecule is O=CCC(O)C#CCO. The van der Waals surface area contributed by atoms with Crippen molar-refractivity contribution in [3.05, 3.63) is 0 Å². The summed E-state index contributed by atoms with van der Waals surface area (Å²) in [7, 11) is 0. The second kappa shape index (κ2) is 5.29. The minimum Gasteiger partial charge on any atom is -0.384 e. The van der Waals surface area contributed by atoms with Gasteiger partial charge in [-0.2, -0.15) is 0 Å². The van der Waals surface area contributed by atoms with E-state index in [0.29, 0.717) is 6.29 Å². The van der Waals surface area contributed by atoms with Gasteiger partial charge in [0, 0.05) is 6.42 Å². The van der Waals surface area contributed by atoms with E-state index in [-0.39, 0.29) is 13.0 Å². The van der Waals surface area contributed by atoms with Gasteiger partial charge in [0.2, 0.25) is 0 Å². The lowest BCUT2D eigenvalue weighted by atomic mass is 10.3. The van der Waals surface area contributed by atoms with Gasteiger partial charge in [-0.25, -0.2) is 0 Å². The van der Waals surface area contributed by atoms with Gasteiger partial charge in [0.15, 0.2) is 0 Å². The van der Waals surface area contributed by atoms with Gasteiger partial charge in [0.25, 0.3) is 0 Å². The maximum Gasteiger partial charge on any atom is 0.123 e. The molecule has 3 heteroatoms. The van der Waals surface area contributed by atoms with Crippen molar-refractivity contribution < 1.29 is 15.0 Å². The molecular weight excluding hydrogens is 120 g/mol. The fourth-order valence-corrected chi connectivity index (χ4v) is 0.314. The number of aliphatic hydroxyl groups is 2. The summed E-state index contributed by atoms with van der Waals surface area (Å²) in [5.74, 6) is 4.49. The van der Waals surface area contributed by atoms with E-state index in [0.717, 1.165) is 0 Å². The standard InChI is InChI=1S/C6H8O3/c7-4-1-2-6(9)3-5-8/h5-7,9H,3-4H2. The van der Waals surface area contributed by atoms with Crippen molar-refractivity contribution in [3.8, 4) is 11.8 Å². The van der Waals surface area contributed by atoms with Crippen LogP contribution in [0.3, 0.4) is 0 Å². The molecule has 0 amide bonds. The highest BCUT2D eigenvalue weighted by molar-refractivity contribution is 5.51. The molecule has 3 nitrogen and oxygen atoms in total. The molecule has 0 bridgehead atoms. The number of hydrogen-bond acceptors (Lipinski definition) is 3. The van der Waals surface area contributed by atoms with Gasteiger partial charge >= 0.3 is 0 Å². The van der Waals surface area contributed by atoms with Crippen molar-refractivity contribution in [3.63, 3.8) is 0 Å². The monoisotopic (exact) mass is 128 g/mol. The fraction of sp³-hybridized carbons (Fsp3) is 0.500. The van der Waals surface area contributed by atoms with Crippen LogP contribution in [0.5, 0.6) is 0 Å². The molecule has 2 N–H and O–H groups in total. The van der Waals surface area contributed by atoms with E-state index in [1.165, 1.54) is 0 Å². The van der Waals surface area contributed by atoms with Gasteiger partial charge < -0.3 is 15.0 Å². The molecule has 0 aromatic rings. The van der Waals surface area contributed by atoms with Crippen molar-refractivity contribution in [1.29, 1.82) is 0 Å². The number of hydrogen-bond donors (Lipinski definition) is 2. The summed E-state index contributed by atoms with van der Waals surface area (Å²) in [5, 5.41) is 16.8. The first-order valence-electron chi connectivity index (χ1n) is 2.52. The van der Waals surface area contributed by atoms with E-state index in [2.05, 4.69) is 11.8 Å². The predicted molar refractivity (Wildman–Crippen MR) is 31.5 cm³/mol. The summed E-state index contributed by atoms with van der Waals surface area (Å²) in [6.07, 6.45) is -0.335. The van der Waals surface area contributed by atoms with Gasteiger partial charge in [-0.15, -0.1) is 0 Å². The molecule has 1 atom stereocenters. The highest BCUT2D eigenvalue weighted by atomic mass is 16.3. The minimum absolute atomic E-state index is 0.00694. The summed E-state index contributed by atoms with van der Waals surface area (Å²) in [5.41, 5.74) is 0. The second-order valence-corrected chi connectivity index (χ2v) is 1.40. The van der Waals surface area contributed by atoms with Crippen molar-refractivity contribution in [1.82, 2.24) is 0 Å². The first-order chi connectivity index (χ1) is 4.31. The van der Waals surface area contributed by atoms with Gasteiger partial charge in [0.05, 0.1) is 0 Å². The maximum absolute atomic E-state index is 9.69. The third-order valence-corrected chi connectivity index (χ3v) is 0.667. The van der Waals surface area contributed by atoms with Crippen molar-refractivity contribution >= 4 is 6.29 Å². The lowest BCUT2D eigenvalue weighted by Gasteiger charge is -1.91. The average molecular weight is 128 g/mol. The summed E-state index contributed by atoms with van der Waals surface area (Å²) >= 11 is 0. The Morgan fingerprint density at radius 1 is 1.67 bits per heavy atom. The van der Waals surface area contributed by atoms with Crippen LogP contribution in [0.1, 0.15) is 6.42 Å². The molecule has 9 heavy (non-hydrogen) atoms. The molecule has 0 aliphatic rings. The molecule has 0 rings (SSSR count). The molecule has 0 radical (unpaired) electrons. The average Bonchev–Trinajstić information content (AvgIpc) is 1.85. The van der Waals surface area contributed by atoms with Gasteiger partial charge in [-0.05, 0) is 0 Å². The van der Waals surface area contributed by atoms with Crippen LogP contribution in [0.15, 0.2) is 0 Å². The Bertz CT molecular complexity index is 131. The van der Waals surface area contributed by atoms with E-state index in [9.17, 15) is 4.79 Å². The van der Waals surface area contributed by atoms with E-state index in [1.807, 2.05) is 0 Å². The molecule has 0 fully saturated rings. The second-order valence-electron chi connectivity index (χ2n) is 1.40. The smallest absolute Gasteiger partial charge is 0.123 e. The summed E-state index contributed by atoms with van der Waals surface area (Å²) in [6, 6.07) is 0. The van der Waals surface area contributed by atoms with Crippen LogP contribution >= 0.6 is 0 Å². The zero-order valence-corrected chi connectivity index (χ0v) is 4.87. The number of aldehydes is 1. The lowest BCUT2D eigenvalue weighted by molar-refractivity contribution is -0.108. The third kappa shape index (κ3) is 5.01. The van der Waals surface area contributed by atoms with Gasteiger partial charge in [-0.3, -0.25) is 0 Å². The largest absolute Gasteiger partial charge is 0.384 e. The van der Waals surface area contributed by atoms with Crippen LogP contribution in [0.2, 0.25) is 0 Å². The molecule has 0 saturated carbocycles. The lowest BCUT2D eigenvalue weighted by Crippen LogP contribution is -2.02. The molecule has 0 aromatic heterocycles. The van der Waals surface area contributed by atoms with Crippen LogP contribution in [0, 0.1) is 11.8 Å². The Kier molecular flexibility index (Phi) is 4.79. The van der Waals surface area contributed by atoms with Crippen LogP contribution in [-0.2, 0) is 4.79 Å². The molecule has 0 aromatic carbocycles. The number of carbonyl (C=O) groups is 1. The Balaban J connectivity index is 3.47. The van der Waals surface area contributed by atoms with E-state index < -0.39 is 6.10 Å².